The third-order valence-corrected chi connectivity index (χ3v) is 1.80. The third-order valence-electron chi connectivity index (χ3n) is 1.80. The van der Waals surface area contributed by atoms with Gasteiger partial charge in [0, 0.05) is 0 Å². The predicted octanol–water partition coefficient (Wildman–Crippen LogP) is -0.604. The fourth-order valence-electron chi connectivity index (χ4n) is 1.10. The minimum Gasteiger partial charge on any atom is -0.481 e. The fourth-order valence-corrected chi connectivity index (χ4v) is 1.10. The van der Waals surface area contributed by atoms with Crippen LogP contribution in [0.3, 0.4) is 0 Å². The molecule has 0 aliphatic heterocycles. The van der Waals surface area contributed by atoms with Gasteiger partial charge in [0.2, 0.25) is 0 Å². The Bertz CT molecular complexity index is 331. The molecule has 0 aromatic heterocycles. The van der Waals surface area contributed by atoms with Gasteiger partial charge in [-0.1, -0.05) is 0 Å². The van der Waals surface area contributed by atoms with Gasteiger partial charge in [-0.25, -0.2) is 9.63 Å². The number of aliphatic hydroxyl groups is 1. The lowest BCUT2D eigenvalue weighted by Crippen LogP contribution is -2.42. The van der Waals surface area contributed by atoms with E-state index in [-0.39, 0.29) is 0 Å². The van der Waals surface area contributed by atoms with Crippen molar-refractivity contribution >= 4 is 17.9 Å². The first-order chi connectivity index (χ1) is 8.84. The number of rotatable bonds is 7. The maximum atomic E-state index is 10.3. The van der Waals surface area contributed by atoms with Crippen molar-refractivity contribution in [3.63, 3.8) is 0 Å². The molecule has 0 aliphatic rings. The summed E-state index contributed by atoms with van der Waals surface area (Å²) in [5.74, 6) is -5.02. The molecule has 0 fully saturated rings. The quantitative estimate of drug-likeness (QED) is 0.360. The van der Waals surface area contributed by atoms with Crippen molar-refractivity contribution in [1.29, 1.82) is 0 Å². The molecule has 4 N–H and O–H groups in total. The van der Waals surface area contributed by atoms with Crippen molar-refractivity contribution in [2.75, 3.05) is 27.7 Å². The topological polar surface area (TPSA) is 141 Å². The lowest BCUT2D eigenvalue weighted by atomic mass is 9.96. The molecular formula is C11H22NO8+. The third kappa shape index (κ3) is 11.4. The van der Waals surface area contributed by atoms with Gasteiger partial charge in [0.25, 0.3) is 0 Å². The Hall–Kier alpha value is -1.71. The van der Waals surface area contributed by atoms with Gasteiger partial charge in [0.05, 0.1) is 34.0 Å². The van der Waals surface area contributed by atoms with E-state index in [1.807, 2.05) is 28.1 Å². The zero-order valence-electron chi connectivity index (χ0n) is 12.0. The molecule has 0 saturated carbocycles. The van der Waals surface area contributed by atoms with Crippen molar-refractivity contribution in [2.45, 2.75) is 25.4 Å². The van der Waals surface area contributed by atoms with Crippen molar-refractivity contribution in [3.8, 4) is 0 Å². The summed E-state index contributed by atoms with van der Waals surface area (Å²) in [6.07, 6.45) is -2.29. The number of hydrogen-bond acceptors (Lipinski definition) is 5. The van der Waals surface area contributed by atoms with Crippen LogP contribution in [0.25, 0.3) is 0 Å². The van der Waals surface area contributed by atoms with Crippen LogP contribution in [-0.2, 0) is 19.2 Å². The molecule has 9 heteroatoms. The van der Waals surface area contributed by atoms with E-state index < -0.39 is 36.4 Å². The molecule has 0 saturated heterocycles. The average Bonchev–Trinajstić information content (AvgIpc) is 2.12. The van der Waals surface area contributed by atoms with Crippen LogP contribution < -0.4 is 0 Å². The molecule has 0 spiro atoms. The van der Waals surface area contributed by atoms with E-state index in [9.17, 15) is 14.4 Å². The highest BCUT2D eigenvalue weighted by atomic mass is 16.7. The van der Waals surface area contributed by atoms with Crippen LogP contribution in [0.5, 0.6) is 0 Å². The summed E-state index contributed by atoms with van der Waals surface area (Å²) >= 11 is 0. The van der Waals surface area contributed by atoms with E-state index in [1.54, 1.807) is 0 Å². The Morgan fingerprint density at radius 2 is 1.35 bits per heavy atom. The van der Waals surface area contributed by atoms with E-state index in [0.717, 1.165) is 6.61 Å². The van der Waals surface area contributed by atoms with Crippen LogP contribution in [0, 0.1) is 0 Å². The van der Waals surface area contributed by atoms with Crippen LogP contribution in [0.2, 0.25) is 0 Å². The normalized spacial score (nSPS) is 11.2. The number of carboxylic acid groups (broad SMARTS) is 3. The van der Waals surface area contributed by atoms with Crippen LogP contribution in [-0.4, -0.2) is 76.3 Å². The second-order valence-electron chi connectivity index (χ2n) is 4.78. The van der Waals surface area contributed by atoms with Gasteiger partial charge < -0.3 is 20.4 Å². The fraction of sp³-hybridized carbons (Fsp3) is 0.727. The number of nitrogens with zero attached hydrogens (tertiary/aromatic N) is 1. The van der Waals surface area contributed by atoms with Crippen molar-refractivity contribution < 1.29 is 44.3 Å². The van der Waals surface area contributed by atoms with Gasteiger partial charge in [0.1, 0.15) is 6.61 Å². The number of aliphatic carboxylic acids is 3. The number of hydrogen-bond donors (Lipinski definition) is 4. The van der Waals surface area contributed by atoms with Crippen LogP contribution in [0.15, 0.2) is 0 Å². The predicted molar refractivity (Wildman–Crippen MR) is 66.7 cm³/mol. The zero-order valence-corrected chi connectivity index (χ0v) is 12.0. The highest BCUT2D eigenvalue weighted by Crippen LogP contribution is 2.15. The van der Waals surface area contributed by atoms with Gasteiger partial charge in [-0.3, -0.25) is 9.59 Å². The highest BCUT2D eigenvalue weighted by molar-refractivity contribution is 5.88. The molecule has 0 atom stereocenters. The van der Waals surface area contributed by atoms with Crippen LogP contribution in [0.1, 0.15) is 19.8 Å². The molecule has 0 amide bonds. The maximum Gasteiger partial charge on any atom is 0.336 e. The molecular weight excluding hydrogens is 274 g/mol. The van der Waals surface area contributed by atoms with Gasteiger partial charge in [-0.15, -0.1) is 0 Å². The molecule has 0 radical (unpaired) electrons. The van der Waals surface area contributed by atoms with E-state index in [2.05, 4.69) is 0 Å². The summed E-state index contributed by atoms with van der Waals surface area (Å²) in [6.45, 7) is 2.77. The molecule has 0 bridgehead atoms. The summed E-state index contributed by atoms with van der Waals surface area (Å²) < 4.78 is 0.594. The van der Waals surface area contributed by atoms with Crippen LogP contribution >= 0.6 is 0 Å². The molecule has 9 nitrogen and oxygen atoms in total. The molecule has 0 unspecified atom stereocenters. The second-order valence-corrected chi connectivity index (χ2v) is 4.78. The largest absolute Gasteiger partial charge is 0.481 e. The Labute approximate surface area is 116 Å². The lowest BCUT2D eigenvalue weighted by Gasteiger charge is -2.19. The zero-order chi connectivity index (χ0) is 16.6. The molecule has 0 aromatic rings. The number of carbonyl (C=O) groups is 3. The summed E-state index contributed by atoms with van der Waals surface area (Å²) in [6, 6.07) is 0. The Kier molecular flexibility index (Phi) is 8.71. The average molecular weight is 296 g/mol. The van der Waals surface area contributed by atoms with Gasteiger partial charge in [0.15, 0.2) is 5.60 Å². The number of carboxylic acids is 3. The van der Waals surface area contributed by atoms with Gasteiger partial charge in [-0.05, 0) is 6.92 Å². The monoisotopic (exact) mass is 296 g/mol. The summed E-state index contributed by atoms with van der Waals surface area (Å²) in [5, 5.41) is 33.8. The molecule has 0 rings (SSSR count). The van der Waals surface area contributed by atoms with E-state index >= 15 is 0 Å². The van der Waals surface area contributed by atoms with Crippen molar-refractivity contribution in [3.05, 3.63) is 0 Å². The minimum absolute atomic E-state index is 0.594. The molecule has 118 valence electrons. The van der Waals surface area contributed by atoms with E-state index in [1.165, 1.54) is 0 Å². The smallest absolute Gasteiger partial charge is 0.336 e. The first kappa shape index (κ1) is 20.6. The Morgan fingerprint density at radius 3 is 1.45 bits per heavy atom. The minimum atomic E-state index is -2.74. The molecule has 0 aromatic carbocycles. The maximum absolute atomic E-state index is 10.3. The highest BCUT2D eigenvalue weighted by Gasteiger charge is 2.40. The summed E-state index contributed by atoms with van der Waals surface area (Å²) in [7, 11) is 5.97. The first-order valence-electron chi connectivity index (χ1n) is 5.69. The van der Waals surface area contributed by atoms with Crippen LogP contribution in [0.4, 0.5) is 0 Å². The second kappa shape index (κ2) is 8.46. The molecule has 20 heavy (non-hydrogen) atoms. The van der Waals surface area contributed by atoms with Gasteiger partial charge in [-0.2, -0.15) is 4.65 Å². The molecule has 0 aliphatic carbocycles. The van der Waals surface area contributed by atoms with Crippen molar-refractivity contribution in [2.24, 2.45) is 0 Å². The SMILES string of the molecule is CCO[N+](C)(C)C.O=C(O)CC(O)(CC(=O)O)C(=O)O. The lowest BCUT2D eigenvalue weighted by molar-refractivity contribution is -1.06. The number of hydroxylamine groups is 3. The standard InChI is InChI=1S/C6H8O7.C5H14NO/c7-3(8)1-6(13,5(11)12)2-4(9)10;1-5-7-6(2,3)4/h13H,1-2H2,(H,7,8)(H,9,10)(H,11,12);5H2,1-4H3/q;+1. The van der Waals surface area contributed by atoms with Crippen molar-refractivity contribution in [1.82, 2.24) is 0 Å². The summed E-state index contributed by atoms with van der Waals surface area (Å²) in [5.41, 5.74) is -2.74. The molecule has 0 heterocycles. The van der Waals surface area contributed by atoms with E-state index in [0.29, 0.717) is 4.65 Å². The first-order valence-corrected chi connectivity index (χ1v) is 5.69. The van der Waals surface area contributed by atoms with Gasteiger partial charge >= 0.3 is 17.9 Å². The number of quaternary nitrogens is 1. The Balaban J connectivity index is 0. The van der Waals surface area contributed by atoms with E-state index in [4.69, 9.17) is 25.3 Å². The summed E-state index contributed by atoms with van der Waals surface area (Å²) in [4.78, 5) is 35.7. The Morgan fingerprint density at radius 1 is 1.00 bits per heavy atom.